The average molecular weight is 280 g/mol. The lowest BCUT2D eigenvalue weighted by Gasteiger charge is -2.08. The Morgan fingerprint density at radius 3 is 2.48 bits per heavy atom. The van der Waals surface area contributed by atoms with Gasteiger partial charge >= 0.3 is 0 Å². The summed E-state index contributed by atoms with van der Waals surface area (Å²) in [5, 5.41) is 0. The fourth-order valence-corrected chi connectivity index (χ4v) is 2.50. The maximum Gasteiger partial charge on any atom is 0.146 e. The Hall–Kier alpha value is -2.29. The highest BCUT2D eigenvalue weighted by Gasteiger charge is 2.06. The Kier molecular flexibility index (Phi) is 3.42. The zero-order chi connectivity index (χ0) is 15.0. The van der Waals surface area contributed by atoms with Gasteiger partial charge in [-0.25, -0.2) is 4.98 Å². The number of aryl methyl sites for hydroxylation is 4. The van der Waals surface area contributed by atoms with Gasteiger partial charge in [-0.3, -0.25) is 0 Å². The largest absolute Gasteiger partial charge is 0.485 e. The molecule has 3 aromatic rings. The molecule has 0 aliphatic rings. The number of fused-ring (bicyclic) bond motifs is 1. The fraction of sp³-hybridized carbons (Fsp3) is 0.278. The van der Waals surface area contributed by atoms with Crippen LogP contribution in [0.5, 0.6) is 5.75 Å². The first-order valence-electron chi connectivity index (χ1n) is 7.19. The molecule has 0 unspecified atom stereocenters. The Morgan fingerprint density at radius 1 is 0.952 bits per heavy atom. The first kappa shape index (κ1) is 13.7. The van der Waals surface area contributed by atoms with Crippen LogP contribution in [0.3, 0.4) is 0 Å². The maximum atomic E-state index is 5.87. The van der Waals surface area contributed by atoms with Crippen LogP contribution >= 0.6 is 0 Å². The Labute approximate surface area is 125 Å². The van der Waals surface area contributed by atoms with Crippen molar-refractivity contribution < 1.29 is 4.74 Å². The third kappa shape index (κ3) is 2.77. The fourth-order valence-electron chi connectivity index (χ4n) is 2.50. The van der Waals surface area contributed by atoms with Gasteiger partial charge in [0.2, 0.25) is 0 Å². The highest BCUT2D eigenvalue weighted by atomic mass is 16.5. The van der Waals surface area contributed by atoms with Crippen LogP contribution in [0.15, 0.2) is 30.3 Å². The van der Waals surface area contributed by atoms with Crippen LogP contribution in [0.4, 0.5) is 0 Å². The summed E-state index contributed by atoms with van der Waals surface area (Å²) in [4.78, 5) is 7.92. The second kappa shape index (κ2) is 5.24. The van der Waals surface area contributed by atoms with Gasteiger partial charge in [-0.15, -0.1) is 0 Å². The molecule has 108 valence electrons. The van der Waals surface area contributed by atoms with Crippen molar-refractivity contribution in [1.29, 1.82) is 0 Å². The number of nitrogens with one attached hydrogen (secondary N) is 1. The highest BCUT2D eigenvalue weighted by molar-refractivity contribution is 5.77. The van der Waals surface area contributed by atoms with E-state index >= 15 is 0 Å². The second-order valence-electron chi connectivity index (χ2n) is 5.69. The minimum atomic E-state index is 0.455. The van der Waals surface area contributed by atoms with Crippen LogP contribution in [0.25, 0.3) is 11.0 Å². The number of benzene rings is 2. The molecule has 3 heteroatoms. The molecule has 3 rings (SSSR count). The molecular formula is C18H20N2O. The van der Waals surface area contributed by atoms with Crippen LogP contribution in [0, 0.1) is 27.7 Å². The second-order valence-corrected chi connectivity index (χ2v) is 5.69. The predicted octanol–water partition coefficient (Wildman–Crippen LogP) is 4.38. The van der Waals surface area contributed by atoms with E-state index in [2.05, 4.69) is 61.9 Å². The lowest BCUT2D eigenvalue weighted by molar-refractivity contribution is 0.295. The summed E-state index contributed by atoms with van der Waals surface area (Å²) in [6, 6.07) is 10.5. The number of nitrogens with zero attached hydrogens (tertiary/aromatic N) is 1. The van der Waals surface area contributed by atoms with Gasteiger partial charge in [0.05, 0.1) is 11.0 Å². The smallest absolute Gasteiger partial charge is 0.146 e. The molecule has 2 aromatic carbocycles. The topological polar surface area (TPSA) is 37.9 Å². The molecule has 0 aliphatic heterocycles. The number of hydrogen-bond donors (Lipinski definition) is 1. The van der Waals surface area contributed by atoms with E-state index in [4.69, 9.17) is 4.74 Å². The number of ether oxygens (including phenoxy) is 1. The number of H-pyrrole nitrogens is 1. The molecule has 0 saturated carbocycles. The highest BCUT2D eigenvalue weighted by Crippen LogP contribution is 2.21. The maximum absolute atomic E-state index is 5.87. The summed E-state index contributed by atoms with van der Waals surface area (Å²) >= 11 is 0. The lowest BCUT2D eigenvalue weighted by atomic mass is 10.1. The van der Waals surface area contributed by atoms with Crippen molar-refractivity contribution in [2.24, 2.45) is 0 Å². The van der Waals surface area contributed by atoms with E-state index in [0.29, 0.717) is 6.61 Å². The van der Waals surface area contributed by atoms with Crippen LogP contribution < -0.4 is 4.74 Å². The van der Waals surface area contributed by atoms with E-state index in [1.54, 1.807) is 0 Å². The van der Waals surface area contributed by atoms with Crippen LogP contribution in [0.2, 0.25) is 0 Å². The predicted molar refractivity (Wildman–Crippen MR) is 85.8 cm³/mol. The van der Waals surface area contributed by atoms with E-state index in [-0.39, 0.29) is 0 Å². The number of aromatic nitrogens is 2. The quantitative estimate of drug-likeness (QED) is 0.773. The van der Waals surface area contributed by atoms with Gasteiger partial charge in [-0.2, -0.15) is 0 Å². The van der Waals surface area contributed by atoms with Crippen LogP contribution in [-0.4, -0.2) is 9.97 Å². The van der Waals surface area contributed by atoms with Crippen LogP contribution in [-0.2, 0) is 6.61 Å². The average Bonchev–Trinajstić information content (AvgIpc) is 2.80. The summed E-state index contributed by atoms with van der Waals surface area (Å²) in [5.74, 6) is 1.77. The van der Waals surface area contributed by atoms with E-state index in [1.807, 2.05) is 6.07 Å². The standard InChI is InChI=1S/C18H20N2O/c1-11-5-6-17(14(4)7-11)21-10-18-19-15-8-12(2)13(3)9-16(15)20-18/h5-9H,10H2,1-4H3,(H,19,20). The molecule has 0 fully saturated rings. The van der Waals surface area contributed by atoms with E-state index in [9.17, 15) is 0 Å². The summed E-state index contributed by atoms with van der Waals surface area (Å²) in [6.07, 6.45) is 0. The lowest BCUT2D eigenvalue weighted by Crippen LogP contribution is -1.99. The molecule has 0 radical (unpaired) electrons. The normalized spacial score (nSPS) is 11.0. The van der Waals surface area contributed by atoms with E-state index in [1.165, 1.54) is 16.7 Å². The van der Waals surface area contributed by atoms with Gasteiger partial charge < -0.3 is 9.72 Å². The molecule has 0 aliphatic carbocycles. The molecular weight excluding hydrogens is 260 g/mol. The van der Waals surface area contributed by atoms with Crippen molar-refractivity contribution in [3.05, 3.63) is 58.4 Å². The Morgan fingerprint density at radius 2 is 1.71 bits per heavy atom. The Bertz CT molecular complexity index is 763. The number of hydrogen-bond acceptors (Lipinski definition) is 2. The van der Waals surface area contributed by atoms with Crippen molar-refractivity contribution in [2.75, 3.05) is 0 Å². The number of rotatable bonds is 3. The molecule has 1 heterocycles. The molecule has 3 nitrogen and oxygen atoms in total. The minimum Gasteiger partial charge on any atom is -0.485 e. The summed E-state index contributed by atoms with van der Waals surface area (Å²) < 4.78 is 5.87. The van der Waals surface area contributed by atoms with Gasteiger partial charge in [0.15, 0.2) is 0 Å². The molecule has 21 heavy (non-hydrogen) atoms. The van der Waals surface area contributed by atoms with Gasteiger partial charge in [-0.05, 0) is 62.6 Å². The van der Waals surface area contributed by atoms with Gasteiger partial charge in [0.25, 0.3) is 0 Å². The molecule has 0 amide bonds. The molecule has 0 atom stereocenters. The molecule has 1 N–H and O–H groups in total. The van der Waals surface area contributed by atoms with E-state index in [0.717, 1.165) is 28.2 Å². The molecule has 0 bridgehead atoms. The zero-order valence-electron chi connectivity index (χ0n) is 12.9. The summed E-state index contributed by atoms with van der Waals surface area (Å²) in [7, 11) is 0. The third-order valence-electron chi connectivity index (χ3n) is 3.84. The summed E-state index contributed by atoms with van der Waals surface area (Å²) in [6.45, 7) is 8.82. The third-order valence-corrected chi connectivity index (χ3v) is 3.84. The molecule has 1 aromatic heterocycles. The minimum absolute atomic E-state index is 0.455. The zero-order valence-corrected chi connectivity index (χ0v) is 12.9. The van der Waals surface area contributed by atoms with E-state index < -0.39 is 0 Å². The SMILES string of the molecule is Cc1ccc(OCc2nc3cc(C)c(C)cc3[nH]2)c(C)c1. The molecule has 0 spiro atoms. The first-order valence-corrected chi connectivity index (χ1v) is 7.19. The number of imidazole rings is 1. The Balaban J connectivity index is 1.82. The van der Waals surface area contributed by atoms with Crippen molar-refractivity contribution in [3.63, 3.8) is 0 Å². The monoisotopic (exact) mass is 280 g/mol. The van der Waals surface area contributed by atoms with Gasteiger partial charge in [0.1, 0.15) is 18.2 Å². The van der Waals surface area contributed by atoms with Crippen LogP contribution in [0.1, 0.15) is 28.1 Å². The van der Waals surface area contributed by atoms with Crippen molar-refractivity contribution >= 4 is 11.0 Å². The first-order chi connectivity index (χ1) is 10.0. The van der Waals surface area contributed by atoms with Gasteiger partial charge in [0, 0.05) is 0 Å². The molecule has 0 saturated heterocycles. The van der Waals surface area contributed by atoms with Crippen molar-refractivity contribution in [2.45, 2.75) is 34.3 Å². The summed E-state index contributed by atoms with van der Waals surface area (Å²) in [5.41, 5.74) is 6.99. The van der Waals surface area contributed by atoms with Crippen molar-refractivity contribution in [3.8, 4) is 5.75 Å². The van der Waals surface area contributed by atoms with Crippen molar-refractivity contribution in [1.82, 2.24) is 9.97 Å². The number of aromatic amines is 1. The van der Waals surface area contributed by atoms with Gasteiger partial charge in [-0.1, -0.05) is 17.7 Å².